The van der Waals surface area contributed by atoms with Gasteiger partial charge in [0.05, 0.1) is 5.41 Å². The number of ether oxygens (including phenoxy) is 1. The van der Waals surface area contributed by atoms with Crippen LogP contribution in [0, 0.1) is 17.3 Å². The van der Waals surface area contributed by atoms with E-state index < -0.39 is 17.0 Å². The van der Waals surface area contributed by atoms with Crippen LogP contribution in [0.2, 0.25) is 0 Å². The molecule has 2 heterocycles. The molecule has 118 valence electrons. The molecule has 3 atom stereocenters. The lowest BCUT2D eigenvalue weighted by Gasteiger charge is -2.46. The van der Waals surface area contributed by atoms with E-state index in [1.54, 1.807) is 4.90 Å². The lowest BCUT2D eigenvalue weighted by atomic mass is 9.58. The number of carbonyl (C=O) groups excluding carboxylic acids is 1. The quantitative estimate of drug-likeness (QED) is 0.850. The van der Waals surface area contributed by atoms with Crippen LogP contribution in [-0.2, 0) is 9.53 Å². The first-order chi connectivity index (χ1) is 9.74. The van der Waals surface area contributed by atoms with Crippen LogP contribution >= 0.6 is 0 Å². The van der Waals surface area contributed by atoms with Crippen molar-refractivity contribution < 1.29 is 19.4 Å². The average molecular weight is 295 g/mol. The SMILES string of the molecule is CC(C)(C)OC(=O)N1C[C@@H]2C[C@H]1C2C1(C(=O)O)CCCC1. The first kappa shape index (κ1) is 14.7. The monoisotopic (exact) mass is 295 g/mol. The summed E-state index contributed by atoms with van der Waals surface area (Å²) in [5.74, 6) is -0.188. The van der Waals surface area contributed by atoms with E-state index >= 15 is 0 Å². The van der Waals surface area contributed by atoms with Crippen LogP contribution in [0.1, 0.15) is 52.9 Å². The molecule has 5 nitrogen and oxygen atoms in total. The van der Waals surface area contributed by atoms with E-state index in [9.17, 15) is 14.7 Å². The summed E-state index contributed by atoms with van der Waals surface area (Å²) < 4.78 is 5.46. The number of aliphatic carboxylic acids is 1. The smallest absolute Gasteiger partial charge is 0.410 e. The lowest BCUT2D eigenvalue weighted by molar-refractivity contribution is -0.157. The van der Waals surface area contributed by atoms with Gasteiger partial charge in [-0.05, 0) is 46.0 Å². The molecule has 0 aromatic rings. The summed E-state index contributed by atoms with van der Waals surface area (Å²) >= 11 is 0. The van der Waals surface area contributed by atoms with E-state index in [0.29, 0.717) is 12.5 Å². The Hall–Kier alpha value is -1.26. The highest BCUT2D eigenvalue weighted by molar-refractivity contribution is 5.77. The summed E-state index contributed by atoms with van der Waals surface area (Å²) in [5, 5.41) is 9.74. The molecule has 5 heteroatoms. The van der Waals surface area contributed by atoms with Crippen molar-refractivity contribution in [1.82, 2.24) is 4.90 Å². The number of hydrogen-bond donors (Lipinski definition) is 1. The third-order valence-corrected chi connectivity index (χ3v) is 5.49. The van der Waals surface area contributed by atoms with Crippen molar-refractivity contribution in [2.75, 3.05) is 6.54 Å². The molecule has 21 heavy (non-hydrogen) atoms. The molecule has 1 unspecified atom stereocenters. The fraction of sp³-hybridized carbons (Fsp3) is 0.875. The topological polar surface area (TPSA) is 66.8 Å². The van der Waals surface area contributed by atoms with Gasteiger partial charge in [0.2, 0.25) is 0 Å². The van der Waals surface area contributed by atoms with Gasteiger partial charge in [-0.15, -0.1) is 0 Å². The third kappa shape index (κ3) is 2.21. The highest BCUT2D eigenvalue weighted by Crippen LogP contribution is 2.60. The van der Waals surface area contributed by atoms with Gasteiger partial charge in [0, 0.05) is 18.5 Å². The summed E-state index contributed by atoms with van der Waals surface area (Å²) in [5.41, 5.74) is -1.10. The number of carboxylic acids is 1. The van der Waals surface area contributed by atoms with Gasteiger partial charge in [-0.25, -0.2) is 4.79 Å². The molecule has 0 aromatic heterocycles. The Morgan fingerprint density at radius 3 is 2.38 bits per heavy atom. The standard InChI is InChI=1S/C16H25NO4/c1-15(2,3)21-14(20)17-9-10-8-11(17)12(10)16(13(18)19)6-4-5-7-16/h10-12H,4-9H2,1-3H3,(H,18,19)/t10-,11-,12?/m0/s1. The van der Waals surface area contributed by atoms with Crippen molar-refractivity contribution in [3.63, 3.8) is 0 Å². The molecule has 1 amide bonds. The Balaban J connectivity index is 1.75. The molecule has 2 bridgehead atoms. The van der Waals surface area contributed by atoms with Gasteiger partial charge in [0.1, 0.15) is 5.60 Å². The van der Waals surface area contributed by atoms with Crippen LogP contribution in [0.4, 0.5) is 4.79 Å². The zero-order valence-corrected chi connectivity index (χ0v) is 13.1. The van der Waals surface area contributed by atoms with Crippen LogP contribution < -0.4 is 0 Å². The van der Waals surface area contributed by atoms with E-state index in [1.807, 2.05) is 20.8 Å². The van der Waals surface area contributed by atoms with E-state index in [1.165, 1.54) is 0 Å². The van der Waals surface area contributed by atoms with Crippen LogP contribution in [-0.4, -0.2) is 40.3 Å². The molecule has 4 rings (SSSR count). The molecule has 1 N–H and O–H groups in total. The van der Waals surface area contributed by atoms with Crippen molar-refractivity contribution in [3.8, 4) is 0 Å². The number of amides is 1. The number of rotatable bonds is 2. The number of carbonyl (C=O) groups is 2. The molecule has 0 aromatic carbocycles. The van der Waals surface area contributed by atoms with Gasteiger partial charge in [0.25, 0.3) is 0 Å². The molecule has 4 fully saturated rings. The zero-order valence-electron chi connectivity index (χ0n) is 13.1. The minimum atomic E-state index is -0.661. The number of fused-ring (bicyclic) bond motifs is 1. The molecule has 2 saturated carbocycles. The highest BCUT2D eigenvalue weighted by atomic mass is 16.6. The van der Waals surface area contributed by atoms with Gasteiger partial charge in [-0.1, -0.05) is 12.8 Å². The van der Waals surface area contributed by atoms with Crippen LogP contribution in [0.15, 0.2) is 0 Å². The van der Waals surface area contributed by atoms with Gasteiger partial charge < -0.3 is 14.7 Å². The van der Waals surface area contributed by atoms with Crippen molar-refractivity contribution in [2.24, 2.45) is 17.3 Å². The first-order valence-corrected chi connectivity index (χ1v) is 7.98. The minimum Gasteiger partial charge on any atom is -0.481 e. The Morgan fingerprint density at radius 2 is 1.86 bits per heavy atom. The predicted octanol–water partition coefficient (Wildman–Crippen LogP) is 2.89. The van der Waals surface area contributed by atoms with Crippen LogP contribution in [0.5, 0.6) is 0 Å². The molecular weight excluding hydrogens is 270 g/mol. The lowest BCUT2D eigenvalue weighted by Crippen LogP contribution is -2.53. The largest absolute Gasteiger partial charge is 0.481 e. The number of carboxylic acid groups (broad SMARTS) is 1. The van der Waals surface area contributed by atoms with E-state index in [2.05, 4.69) is 0 Å². The third-order valence-electron chi connectivity index (χ3n) is 5.49. The van der Waals surface area contributed by atoms with Gasteiger partial charge >= 0.3 is 12.1 Å². The van der Waals surface area contributed by atoms with Gasteiger partial charge in [-0.3, -0.25) is 4.79 Å². The first-order valence-electron chi connectivity index (χ1n) is 7.98. The van der Waals surface area contributed by atoms with Gasteiger partial charge in [0.15, 0.2) is 0 Å². The Morgan fingerprint density at radius 1 is 1.24 bits per heavy atom. The summed E-state index contributed by atoms with van der Waals surface area (Å²) in [4.78, 5) is 25.9. The Bertz CT molecular complexity index is 461. The number of hydrogen-bond acceptors (Lipinski definition) is 3. The van der Waals surface area contributed by atoms with E-state index in [4.69, 9.17) is 4.74 Å². The zero-order chi connectivity index (χ0) is 15.4. The molecule has 0 radical (unpaired) electrons. The molecular formula is C16H25NO4. The summed E-state index contributed by atoms with van der Waals surface area (Å²) in [6.45, 7) is 6.24. The summed E-state index contributed by atoms with van der Waals surface area (Å²) in [7, 11) is 0. The van der Waals surface area contributed by atoms with Crippen molar-refractivity contribution in [1.29, 1.82) is 0 Å². The second kappa shape index (κ2) is 4.62. The Labute approximate surface area is 125 Å². The maximum atomic E-state index is 12.3. The number of nitrogens with zero attached hydrogens (tertiary/aromatic N) is 1. The normalized spacial score (nSPS) is 33.7. The molecule has 4 aliphatic rings. The van der Waals surface area contributed by atoms with Crippen molar-refractivity contribution in [2.45, 2.75) is 64.5 Å². The van der Waals surface area contributed by atoms with Crippen molar-refractivity contribution in [3.05, 3.63) is 0 Å². The average Bonchev–Trinajstić information content (AvgIpc) is 2.99. The molecule has 0 spiro atoms. The maximum absolute atomic E-state index is 12.3. The molecule has 2 aliphatic carbocycles. The van der Waals surface area contributed by atoms with Gasteiger partial charge in [-0.2, -0.15) is 0 Å². The molecule has 2 saturated heterocycles. The predicted molar refractivity (Wildman–Crippen MR) is 76.9 cm³/mol. The fourth-order valence-electron chi connectivity index (χ4n) is 4.66. The minimum absolute atomic E-state index is 0.0686. The fourth-order valence-corrected chi connectivity index (χ4v) is 4.66. The van der Waals surface area contributed by atoms with Crippen LogP contribution in [0.3, 0.4) is 0 Å². The molecule has 2 aliphatic heterocycles. The van der Waals surface area contributed by atoms with E-state index in [0.717, 1.165) is 32.1 Å². The van der Waals surface area contributed by atoms with Crippen molar-refractivity contribution >= 4 is 12.1 Å². The summed E-state index contributed by atoms with van der Waals surface area (Å²) in [6.07, 6.45) is 4.18. The highest BCUT2D eigenvalue weighted by Gasteiger charge is 2.64. The maximum Gasteiger partial charge on any atom is 0.410 e. The second-order valence-electron chi connectivity index (χ2n) is 7.89. The Kier molecular flexibility index (Phi) is 3.22. The summed E-state index contributed by atoms with van der Waals surface area (Å²) in [6, 6.07) is 0.0686. The van der Waals surface area contributed by atoms with Crippen LogP contribution in [0.25, 0.3) is 0 Å². The second-order valence-corrected chi connectivity index (χ2v) is 7.89. The van der Waals surface area contributed by atoms with E-state index in [-0.39, 0.29) is 18.1 Å².